The van der Waals surface area contributed by atoms with Crippen molar-refractivity contribution >= 4 is 16.7 Å². The van der Waals surface area contributed by atoms with Crippen LogP contribution in [0.15, 0.2) is 42.7 Å². The molecule has 1 saturated heterocycles. The molecule has 1 aliphatic rings. The largest absolute Gasteiger partial charge is 0.496 e. The minimum atomic E-state index is -0.389. The molecule has 0 bridgehead atoms. The molecule has 2 heterocycles. The van der Waals surface area contributed by atoms with E-state index in [-0.39, 0.29) is 23.9 Å². The van der Waals surface area contributed by atoms with Crippen molar-refractivity contribution in [3.8, 4) is 5.75 Å². The molecule has 1 aliphatic heterocycles. The third kappa shape index (κ3) is 3.45. The topological polar surface area (TPSA) is 73.1 Å². The summed E-state index contributed by atoms with van der Waals surface area (Å²) in [4.78, 5) is 15.7. The maximum absolute atomic E-state index is 13.7. The van der Waals surface area contributed by atoms with E-state index >= 15 is 0 Å². The molecule has 1 amide bonds. The third-order valence-corrected chi connectivity index (χ3v) is 6.12. The highest BCUT2D eigenvalue weighted by Gasteiger charge is 2.38. The molecular weight excluding hydrogens is 366 g/mol. The fourth-order valence-corrected chi connectivity index (χ4v) is 4.42. The van der Waals surface area contributed by atoms with Gasteiger partial charge < -0.3 is 9.64 Å². The van der Waals surface area contributed by atoms with E-state index in [4.69, 9.17) is 4.74 Å². The molecule has 3 atom stereocenters. The molecule has 4 rings (SSSR count). The van der Waals surface area contributed by atoms with E-state index in [1.165, 1.54) is 5.56 Å². The number of carbonyl (C=O) groups excluding carboxylic acids is 1. The van der Waals surface area contributed by atoms with Gasteiger partial charge in [0.15, 0.2) is 0 Å². The van der Waals surface area contributed by atoms with Gasteiger partial charge in [-0.1, -0.05) is 50.6 Å². The Morgan fingerprint density at radius 1 is 1.24 bits per heavy atom. The number of rotatable bonds is 6. The summed E-state index contributed by atoms with van der Waals surface area (Å²) in [6.45, 7) is 4.92. The second-order valence-corrected chi connectivity index (χ2v) is 7.71. The van der Waals surface area contributed by atoms with Gasteiger partial charge in [-0.2, -0.15) is 0 Å². The molecule has 2 aromatic carbocycles. The van der Waals surface area contributed by atoms with Crippen LogP contribution in [0.4, 0.5) is 0 Å². The van der Waals surface area contributed by atoms with Gasteiger partial charge in [0.1, 0.15) is 18.1 Å². The van der Waals surface area contributed by atoms with Gasteiger partial charge in [-0.25, -0.2) is 4.68 Å². The van der Waals surface area contributed by atoms with E-state index in [1.807, 2.05) is 23.1 Å². The van der Waals surface area contributed by atoms with E-state index in [0.29, 0.717) is 0 Å². The summed E-state index contributed by atoms with van der Waals surface area (Å²) in [6.07, 6.45) is 4.35. The van der Waals surface area contributed by atoms with Crippen molar-refractivity contribution in [2.45, 2.75) is 45.2 Å². The van der Waals surface area contributed by atoms with E-state index in [9.17, 15) is 4.79 Å². The first-order chi connectivity index (χ1) is 14.2. The van der Waals surface area contributed by atoms with Crippen LogP contribution in [-0.4, -0.2) is 44.7 Å². The predicted molar refractivity (Wildman–Crippen MR) is 110 cm³/mol. The van der Waals surface area contributed by atoms with E-state index in [2.05, 4.69) is 47.6 Å². The van der Waals surface area contributed by atoms with Gasteiger partial charge >= 0.3 is 0 Å². The first-order valence-electron chi connectivity index (χ1n) is 10.2. The molecular formula is C22H27N5O2. The lowest BCUT2D eigenvalue weighted by Crippen LogP contribution is -2.39. The smallest absolute Gasteiger partial charge is 0.248 e. The van der Waals surface area contributed by atoms with Gasteiger partial charge in [-0.05, 0) is 46.2 Å². The molecule has 7 heteroatoms. The van der Waals surface area contributed by atoms with Gasteiger partial charge in [-0.3, -0.25) is 4.79 Å². The second kappa shape index (κ2) is 8.19. The molecule has 1 aromatic heterocycles. The molecule has 0 aliphatic carbocycles. The quantitative estimate of drug-likeness (QED) is 0.637. The number of amides is 1. The van der Waals surface area contributed by atoms with Crippen LogP contribution >= 0.6 is 0 Å². The van der Waals surface area contributed by atoms with Gasteiger partial charge in [0, 0.05) is 11.9 Å². The Balaban J connectivity index is 1.73. The first kappa shape index (κ1) is 19.4. The normalized spacial score (nSPS) is 18.7. The predicted octanol–water partition coefficient (Wildman–Crippen LogP) is 3.79. The maximum atomic E-state index is 13.7. The molecule has 152 valence electrons. The van der Waals surface area contributed by atoms with Crippen molar-refractivity contribution in [3.05, 3.63) is 48.3 Å². The summed E-state index contributed by atoms with van der Waals surface area (Å²) in [6, 6.07) is 12.0. The van der Waals surface area contributed by atoms with Crippen LogP contribution in [0.25, 0.3) is 10.8 Å². The first-order valence-corrected chi connectivity index (χ1v) is 10.2. The molecule has 3 aromatic rings. The molecule has 0 spiro atoms. The molecule has 29 heavy (non-hydrogen) atoms. The summed E-state index contributed by atoms with van der Waals surface area (Å²) in [5.74, 6) is 1.08. The molecule has 0 saturated carbocycles. The fourth-order valence-electron chi connectivity index (χ4n) is 4.42. The van der Waals surface area contributed by atoms with Crippen molar-refractivity contribution < 1.29 is 9.53 Å². The van der Waals surface area contributed by atoms with Gasteiger partial charge in [-0.15, -0.1) is 5.10 Å². The highest BCUT2D eigenvalue weighted by Crippen LogP contribution is 2.40. The molecule has 1 fully saturated rings. The highest BCUT2D eigenvalue weighted by molar-refractivity contribution is 5.92. The number of likely N-dealkylation sites (tertiary alicyclic amines) is 1. The second-order valence-electron chi connectivity index (χ2n) is 7.71. The van der Waals surface area contributed by atoms with Gasteiger partial charge in [0.25, 0.3) is 0 Å². The molecule has 0 unspecified atom stereocenters. The number of benzene rings is 2. The lowest BCUT2D eigenvalue weighted by Gasteiger charge is -2.32. The Morgan fingerprint density at radius 2 is 2.03 bits per heavy atom. The highest BCUT2D eigenvalue weighted by atomic mass is 16.5. The lowest BCUT2D eigenvalue weighted by molar-refractivity contribution is -0.137. The number of tetrazole rings is 1. The number of hydrogen-bond donors (Lipinski definition) is 0. The van der Waals surface area contributed by atoms with Crippen LogP contribution in [0.3, 0.4) is 0 Å². The van der Waals surface area contributed by atoms with E-state index < -0.39 is 0 Å². The van der Waals surface area contributed by atoms with Gasteiger partial charge in [0.05, 0.1) is 13.2 Å². The van der Waals surface area contributed by atoms with Crippen LogP contribution in [-0.2, 0) is 4.79 Å². The van der Waals surface area contributed by atoms with Crippen LogP contribution in [0, 0.1) is 5.92 Å². The Hall–Kier alpha value is -2.96. The van der Waals surface area contributed by atoms with E-state index in [0.717, 1.165) is 42.3 Å². The van der Waals surface area contributed by atoms with Crippen molar-refractivity contribution in [1.29, 1.82) is 0 Å². The minimum absolute atomic E-state index is 0.0429. The number of methoxy groups -OCH3 is 1. The van der Waals surface area contributed by atoms with Crippen molar-refractivity contribution in [2.24, 2.45) is 5.92 Å². The number of nitrogens with zero attached hydrogens (tertiary/aromatic N) is 5. The zero-order valence-electron chi connectivity index (χ0n) is 17.2. The van der Waals surface area contributed by atoms with Crippen LogP contribution in [0.5, 0.6) is 5.75 Å². The lowest BCUT2D eigenvalue weighted by atomic mass is 9.94. The zero-order chi connectivity index (χ0) is 20.4. The standard InChI is InChI=1S/C22H27N5O2/c1-4-15(2)21(27-14-23-24-25-27)22(28)26-13-7-10-19(26)17-11-12-20(29-3)18-9-6-5-8-16(17)18/h5-6,8-9,11-12,14-15,19,21H,4,7,10,13H2,1-3H3/t15-,19-,21-/m0/s1. The van der Waals surface area contributed by atoms with Crippen LogP contribution < -0.4 is 4.74 Å². The van der Waals surface area contributed by atoms with Crippen molar-refractivity contribution in [3.63, 3.8) is 0 Å². The molecule has 7 nitrogen and oxygen atoms in total. The molecule has 0 N–H and O–H groups in total. The van der Waals surface area contributed by atoms with Crippen LogP contribution in [0.1, 0.15) is 50.8 Å². The number of aromatic nitrogens is 4. The third-order valence-electron chi connectivity index (χ3n) is 6.12. The van der Waals surface area contributed by atoms with Crippen LogP contribution in [0.2, 0.25) is 0 Å². The Morgan fingerprint density at radius 3 is 2.72 bits per heavy atom. The Kier molecular flexibility index (Phi) is 5.47. The Bertz CT molecular complexity index is 988. The summed E-state index contributed by atoms with van der Waals surface area (Å²) < 4.78 is 7.16. The number of fused-ring (bicyclic) bond motifs is 1. The van der Waals surface area contributed by atoms with Gasteiger partial charge in [0.2, 0.25) is 5.91 Å². The monoisotopic (exact) mass is 393 g/mol. The minimum Gasteiger partial charge on any atom is -0.496 e. The fraction of sp³-hybridized carbons (Fsp3) is 0.455. The van der Waals surface area contributed by atoms with E-state index in [1.54, 1.807) is 18.1 Å². The average molecular weight is 393 g/mol. The SMILES string of the molecule is CC[C@H](C)[C@@H](C(=O)N1CCC[C@H]1c1ccc(OC)c2ccccc12)n1cnnn1. The summed E-state index contributed by atoms with van der Waals surface area (Å²) >= 11 is 0. The van der Waals surface area contributed by atoms with Crippen molar-refractivity contribution in [1.82, 2.24) is 25.1 Å². The maximum Gasteiger partial charge on any atom is 0.248 e. The number of hydrogen-bond acceptors (Lipinski definition) is 5. The summed E-state index contributed by atoms with van der Waals surface area (Å²) in [5.41, 5.74) is 1.17. The number of carbonyl (C=O) groups is 1. The zero-order valence-corrected chi connectivity index (χ0v) is 17.2. The molecule has 0 radical (unpaired) electrons. The summed E-state index contributed by atoms with van der Waals surface area (Å²) in [5, 5.41) is 13.8. The summed E-state index contributed by atoms with van der Waals surface area (Å²) in [7, 11) is 1.69. The average Bonchev–Trinajstić information content (AvgIpc) is 3.45. The van der Waals surface area contributed by atoms with Crippen molar-refractivity contribution in [2.75, 3.05) is 13.7 Å². The Labute approximate surface area is 170 Å². The number of ether oxygens (including phenoxy) is 1.